The van der Waals surface area contributed by atoms with Crippen molar-refractivity contribution < 1.29 is 13.6 Å². The Balaban J connectivity index is 2.68. The molecule has 0 bridgehead atoms. The Morgan fingerprint density at radius 3 is 2.68 bits per heavy atom. The minimum Gasteiger partial charge on any atom is -0.397 e. The number of benzene rings is 1. The van der Waals surface area contributed by atoms with Crippen LogP contribution >= 0.6 is 11.6 Å². The van der Waals surface area contributed by atoms with Gasteiger partial charge in [-0.15, -0.1) is 0 Å². The third-order valence-electron chi connectivity index (χ3n) is 2.74. The van der Waals surface area contributed by atoms with Crippen LogP contribution in [0.4, 0.5) is 20.2 Å². The highest BCUT2D eigenvalue weighted by Crippen LogP contribution is 2.22. The van der Waals surface area contributed by atoms with Gasteiger partial charge in [0, 0.05) is 5.02 Å². The number of carbonyl (C=O) groups excluding carboxylic acids is 1. The average Bonchev–Trinajstić information content (AvgIpc) is 2.30. The second-order valence-electron chi connectivity index (χ2n) is 4.23. The largest absolute Gasteiger partial charge is 0.397 e. The molecule has 0 aliphatic carbocycles. The van der Waals surface area contributed by atoms with Crippen molar-refractivity contribution in [2.45, 2.75) is 19.4 Å². The summed E-state index contributed by atoms with van der Waals surface area (Å²) in [7, 11) is 1.46. The van der Waals surface area contributed by atoms with Gasteiger partial charge in [0.05, 0.1) is 24.0 Å². The smallest absolute Gasteiger partial charge is 0.251 e. The lowest BCUT2D eigenvalue weighted by atomic mass is 10.2. The van der Waals surface area contributed by atoms with E-state index in [9.17, 15) is 13.6 Å². The molecule has 106 valence electrons. The predicted octanol–water partition coefficient (Wildman–Crippen LogP) is 2.45. The summed E-state index contributed by atoms with van der Waals surface area (Å²) in [6.45, 7) is 1.08. The topological polar surface area (TPSA) is 58.4 Å². The SMILES string of the molecule is CC(C(=O)Nc1ccc(Cl)cc1N)N(C)CC(F)F. The molecule has 0 heterocycles. The first-order valence-electron chi connectivity index (χ1n) is 5.65. The van der Waals surface area contributed by atoms with Crippen LogP contribution in [0, 0.1) is 0 Å². The predicted molar refractivity (Wildman–Crippen MR) is 72.6 cm³/mol. The van der Waals surface area contributed by atoms with Crippen LogP contribution in [0.1, 0.15) is 6.92 Å². The van der Waals surface area contributed by atoms with Crippen LogP contribution in [0.25, 0.3) is 0 Å². The Labute approximate surface area is 115 Å². The molecule has 1 unspecified atom stereocenters. The first-order valence-corrected chi connectivity index (χ1v) is 6.03. The van der Waals surface area contributed by atoms with E-state index in [-0.39, 0.29) is 0 Å². The zero-order valence-corrected chi connectivity index (χ0v) is 11.4. The molecule has 7 heteroatoms. The van der Waals surface area contributed by atoms with Crippen LogP contribution < -0.4 is 11.1 Å². The highest BCUT2D eigenvalue weighted by Gasteiger charge is 2.21. The molecule has 4 nitrogen and oxygen atoms in total. The van der Waals surface area contributed by atoms with Crippen LogP contribution in [0.5, 0.6) is 0 Å². The zero-order chi connectivity index (χ0) is 14.6. The molecule has 0 fully saturated rings. The number of anilines is 2. The lowest BCUT2D eigenvalue weighted by Gasteiger charge is -2.23. The summed E-state index contributed by atoms with van der Waals surface area (Å²) in [6.07, 6.45) is -2.49. The van der Waals surface area contributed by atoms with E-state index in [0.29, 0.717) is 16.4 Å². The molecule has 1 aromatic carbocycles. The molecule has 0 aliphatic heterocycles. The number of nitrogens with one attached hydrogen (secondary N) is 1. The molecule has 19 heavy (non-hydrogen) atoms. The summed E-state index contributed by atoms with van der Waals surface area (Å²) in [5, 5.41) is 3.04. The van der Waals surface area contributed by atoms with Gasteiger partial charge in [-0.1, -0.05) is 11.6 Å². The lowest BCUT2D eigenvalue weighted by Crippen LogP contribution is -2.41. The van der Waals surface area contributed by atoms with Crippen molar-refractivity contribution in [2.24, 2.45) is 0 Å². The molecule has 1 aromatic rings. The average molecular weight is 292 g/mol. The van der Waals surface area contributed by atoms with Crippen molar-refractivity contribution in [3.8, 4) is 0 Å². The number of carbonyl (C=O) groups is 1. The van der Waals surface area contributed by atoms with E-state index in [1.165, 1.54) is 18.0 Å². The van der Waals surface area contributed by atoms with E-state index >= 15 is 0 Å². The number of hydrogen-bond donors (Lipinski definition) is 2. The van der Waals surface area contributed by atoms with Crippen molar-refractivity contribution in [1.82, 2.24) is 4.90 Å². The third-order valence-corrected chi connectivity index (χ3v) is 2.97. The standard InChI is InChI=1S/C12H16ClF2N3O/c1-7(18(2)6-11(14)15)12(19)17-10-4-3-8(13)5-9(10)16/h3-5,7,11H,6,16H2,1-2H3,(H,17,19). The van der Waals surface area contributed by atoms with Gasteiger partial charge < -0.3 is 11.1 Å². The van der Waals surface area contributed by atoms with Crippen molar-refractivity contribution in [2.75, 3.05) is 24.6 Å². The summed E-state index contributed by atoms with van der Waals surface area (Å²) in [5.41, 5.74) is 6.43. The third kappa shape index (κ3) is 4.65. The Bertz CT molecular complexity index is 457. The van der Waals surface area contributed by atoms with Gasteiger partial charge in [0.1, 0.15) is 0 Å². The summed E-state index contributed by atoms with van der Waals surface area (Å²) in [6, 6.07) is 3.96. The molecule has 0 saturated carbocycles. The number of likely N-dealkylation sites (N-methyl/N-ethyl adjacent to an activating group) is 1. The first kappa shape index (κ1) is 15.7. The quantitative estimate of drug-likeness (QED) is 0.819. The number of rotatable bonds is 5. The molecule has 0 spiro atoms. The normalized spacial score (nSPS) is 12.8. The fourth-order valence-electron chi connectivity index (χ4n) is 1.46. The summed E-state index contributed by atoms with van der Waals surface area (Å²) < 4.78 is 24.5. The molecule has 0 aliphatic rings. The van der Waals surface area contributed by atoms with Gasteiger partial charge in [-0.3, -0.25) is 9.69 Å². The minimum atomic E-state index is -2.49. The van der Waals surface area contributed by atoms with E-state index in [0.717, 1.165) is 0 Å². The number of nitrogen functional groups attached to an aromatic ring is 1. The monoisotopic (exact) mass is 291 g/mol. The minimum absolute atomic E-state index is 0.324. The van der Waals surface area contributed by atoms with Gasteiger partial charge in [-0.2, -0.15) is 0 Å². The van der Waals surface area contributed by atoms with Crippen LogP contribution in [0.3, 0.4) is 0 Å². The maximum absolute atomic E-state index is 12.2. The van der Waals surface area contributed by atoms with Gasteiger partial charge in [0.2, 0.25) is 5.91 Å². The second-order valence-corrected chi connectivity index (χ2v) is 4.66. The van der Waals surface area contributed by atoms with Crippen LogP contribution in [-0.4, -0.2) is 36.9 Å². The van der Waals surface area contributed by atoms with Gasteiger partial charge in [0.25, 0.3) is 6.43 Å². The fraction of sp³-hybridized carbons (Fsp3) is 0.417. The Hall–Kier alpha value is -1.40. The number of nitrogens with zero attached hydrogens (tertiary/aromatic N) is 1. The van der Waals surface area contributed by atoms with Crippen LogP contribution in [0.15, 0.2) is 18.2 Å². The van der Waals surface area contributed by atoms with E-state index in [1.807, 2.05) is 0 Å². The molecule has 1 atom stereocenters. The lowest BCUT2D eigenvalue weighted by molar-refractivity contribution is -0.120. The molecule has 3 N–H and O–H groups in total. The number of nitrogens with two attached hydrogens (primary N) is 1. The Morgan fingerprint density at radius 1 is 1.53 bits per heavy atom. The maximum atomic E-state index is 12.2. The maximum Gasteiger partial charge on any atom is 0.251 e. The fourth-order valence-corrected chi connectivity index (χ4v) is 1.64. The highest BCUT2D eigenvalue weighted by atomic mass is 35.5. The number of alkyl halides is 2. The van der Waals surface area contributed by atoms with E-state index in [2.05, 4.69) is 5.32 Å². The van der Waals surface area contributed by atoms with Crippen LogP contribution in [0.2, 0.25) is 5.02 Å². The summed E-state index contributed by atoms with van der Waals surface area (Å²) in [4.78, 5) is 13.2. The zero-order valence-electron chi connectivity index (χ0n) is 10.7. The van der Waals surface area contributed by atoms with E-state index in [4.69, 9.17) is 17.3 Å². The molecule has 0 aromatic heterocycles. The second kappa shape index (κ2) is 6.68. The Kier molecular flexibility index (Phi) is 5.50. The highest BCUT2D eigenvalue weighted by molar-refractivity contribution is 6.31. The van der Waals surface area contributed by atoms with Crippen molar-refractivity contribution >= 4 is 28.9 Å². The van der Waals surface area contributed by atoms with E-state index < -0.39 is 24.9 Å². The number of hydrogen-bond acceptors (Lipinski definition) is 3. The van der Waals surface area contributed by atoms with Gasteiger partial charge in [0.15, 0.2) is 0 Å². The summed E-state index contributed by atoms with van der Waals surface area (Å²) in [5.74, 6) is -0.405. The van der Waals surface area contributed by atoms with E-state index in [1.54, 1.807) is 19.1 Å². The summed E-state index contributed by atoms with van der Waals surface area (Å²) >= 11 is 5.74. The van der Waals surface area contributed by atoms with Crippen molar-refractivity contribution in [3.05, 3.63) is 23.2 Å². The van der Waals surface area contributed by atoms with Gasteiger partial charge in [-0.25, -0.2) is 8.78 Å². The van der Waals surface area contributed by atoms with Crippen molar-refractivity contribution in [1.29, 1.82) is 0 Å². The molecule has 1 amide bonds. The molecule has 0 saturated heterocycles. The molecular weight excluding hydrogens is 276 g/mol. The molecule has 1 rings (SSSR count). The Morgan fingerprint density at radius 2 is 2.16 bits per heavy atom. The van der Waals surface area contributed by atoms with Gasteiger partial charge >= 0.3 is 0 Å². The first-order chi connectivity index (χ1) is 8.81. The van der Waals surface area contributed by atoms with Crippen LogP contribution in [-0.2, 0) is 4.79 Å². The van der Waals surface area contributed by atoms with Gasteiger partial charge in [-0.05, 0) is 32.2 Å². The number of halogens is 3. The van der Waals surface area contributed by atoms with Crippen molar-refractivity contribution in [3.63, 3.8) is 0 Å². The number of amides is 1. The molecule has 0 radical (unpaired) electrons. The molecular formula is C12H16ClF2N3O.